The van der Waals surface area contributed by atoms with E-state index in [1.54, 1.807) is 0 Å². The van der Waals surface area contributed by atoms with Crippen molar-refractivity contribution in [1.29, 1.82) is 0 Å². The van der Waals surface area contributed by atoms with E-state index in [-0.39, 0.29) is 18.6 Å². The summed E-state index contributed by atoms with van der Waals surface area (Å²) >= 11 is 0. The molecule has 0 saturated carbocycles. The van der Waals surface area contributed by atoms with Crippen LogP contribution in [0.1, 0.15) is 33.6 Å². The minimum atomic E-state index is 0.102. The average Bonchev–Trinajstić information content (AvgIpc) is 2.74. The predicted octanol–water partition coefficient (Wildman–Crippen LogP) is 1.01. The lowest BCUT2D eigenvalue weighted by Gasteiger charge is -2.29. The van der Waals surface area contributed by atoms with Gasteiger partial charge in [-0.05, 0) is 40.2 Å². The van der Waals surface area contributed by atoms with Crippen LogP contribution in [0.25, 0.3) is 0 Å². The highest BCUT2D eigenvalue weighted by Crippen LogP contribution is 2.09. The molecule has 0 aromatic carbocycles. The molecule has 0 spiro atoms. The van der Waals surface area contributed by atoms with Crippen molar-refractivity contribution in [3.63, 3.8) is 0 Å². The first-order chi connectivity index (χ1) is 7.65. The van der Waals surface area contributed by atoms with Crippen LogP contribution in [0.3, 0.4) is 0 Å². The number of rotatable bonds is 6. The molecule has 1 aliphatic rings. The molecule has 1 amide bonds. The number of carbonyl (C=O) groups is 1. The second-order valence-electron chi connectivity index (χ2n) is 4.57. The number of amides is 1. The van der Waals surface area contributed by atoms with Crippen molar-refractivity contribution >= 4 is 5.91 Å². The smallest absolute Gasteiger partial charge is 0.248 e. The van der Waals surface area contributed by atoms with Crippen LogP contribution in [0.15, 0.2) is 0 Å². The summed E-state index contributed by atoms with van der Waals surface area (Å²) in [5, 5.41) is 3.42. The lowest BCUT2D eigenvalue weighted by atomic mass is 10.2. The Morgan fingerprint density at radius 3 is 2.81 bits per heavy atom. The summed E-state index contributed by atoms with van der Waals surface area (Å²) in [7, 11) is 0. The zero-order chi connectivity index (χ0) is 12.0. The van der Waals surface area contributed by atoms with E-state index in [0.717, 1.165) is 13.1 Å². The summed E-state index contributed by atoms with van der Waals surface area (Å²) in [4.78, 5) is 13.8. The fraction of sp³-hybridized carbons (Fsp3) is 0.917. The highest BCUT2D eigenvalue weighted by atomic mass is 16.5. The fourth-order valence-electron chi connectivity index (χ4n) is 2.02. The maximum atomic E-state index is 11.9. The Morgan fingerprint density at radius 1 is 1.56 bits per heavy atom. The maximum absolute atomic E-state index is 11.9. The molecule has 0 bridgehead atoms. The summed E-state index contributed by atoms with van der Waals surface area (Å²) < 4.78 is 5.18. The Balaban J connectivity index is 2.42. The lowest BCUT2D eigenvalue weighted by Crippen LogP contribution is -2.46. The standard InChI is InChI=1S/C12H24N2O2/c1-4-16-9-12(15)14(10(2)3)8-11-6-5-7-13-11/h10-11,13H,4-9H2,1-3H3. The third-order valence-electron chi connectivity index (χ3n) is 2.95. The van der Waals surface area contributed by atoms with E-state index in [2.05, 4.69) is 19.2 Å². The Labute approximate surface area is 98.3 Å². The van der Waals surface area contributed by atoms with Crippen LogP contribution >= 0.6 is 0 Å². The van der Waals surface area contributed by atoms with Gasteiger partial charge in [0, 0.05) is 25.2 Å². The van der Waals surface area contributed by atoms with E-state index in [1.807, 2.05) is 11.8 Å². The van der Waals surface area contributed by atoms with Crippen LogP contribution in [0.5, 0.6) is 0 Å². The number of hydrogen-bond acceptors (Lipinski definition) is 3. The van der Waals surface area contributed by atoms with Crippen LogP contribution in [0.4, 0.5) is 0 Å². The molecule has 1 rings (SSSR count). The predicted molar refractivity (Wildman–Crippen MR) is 64.4 cm³/mol. The Kier molecular flexibility index (Phi) is 5.77. The second-order valence-corrected chi connectivity index (χ2v) is 4.57. The van der Waals surface area contributed by atoms with Crippen LogP contribution in [0, 0.1) is 0 Å². The summed E-state index contributed by atoms with van der Waals surface area (Å²) in [5.74, 6) is 0.102. The number of hydrogen-bond donors (Lipinski definition) is 1. The molecule has 1 saturated heterocycles. The fourth-order valence-corrected chi connectivity index (χ4v) is 2.02. The molecule has 4 nitrogen and oxygen atoms in total. The van der Waals surface area contributed by atoms with Gasteiger partial charge < -0.3 is 15.0 Å². The molecule has 1 heterocycles. The van der Waals surface area contributed by atoms with Crippen LogP contribution in [-0.4, -0.2) is 49.2 Å². The molecule has 1 fully saturated rings. The highest BCUT2D eigenvalue weighted by Gasteiger charge is 2.23. The van der Waals surface area contributed by atoms with Crippen molar-refractivity contribution < 1.29 is 9.53 Å². The van der Waals surface area contributed by atoms with E-state index in [1.165, 1.54) is 12.8 Å². The Morgan fingerprint density at radius 2 is 2.31 bits per heavy atom. The quantitative estimate of drug-likeness (QED) is 0.738. The van der Waals surface area contributed by atoms with Gasteiger partial charge in [-0.1, -0.05) is 0 Å². The summed E-state index contributed by atoms with van der Waals surface area (Å²) in [6, 6.07) is 0.711. The lowest BCUT2D eigenvalue weighted by molar-refractivity contribution is -0.138. The van der Waals surface area contributed by atoms with E-state index in [0.29, 0.717) is 12.6 Å². The Hall–Kier alpha value is -0.610. The third kappa shape index (κ3) is 4.10. The third-order valence-corrected chi connectivity index (χ3v) is 2.95. The van der Waals surface area contributed by atoms with Gasteiger partial charge in [-0.15, -0.1) is 0 Å². The molecular weight excluding hydrogens is 204 g/mol. The number of nitrogens with zero attached hydrogens (tertiary/aromatic N) is 1. The van der Waals surface area contributed by atoms with E-state index >= 15 is 0 Å². The first-order valence-electron chi connectivity index (χ1n) is 6.25. The zero-order valence-corrected chi connectivity index (χ0v) is 10.7. The first-order valence-corrected chi connectivity index (χ1v) is 6.25. The van der Waals surface area contributed by atoms with Gasteiger partial charge in [-0.3, -0.25) is 4.79 Å². The molecule has 1 aliphatic heterocycles. The van der Waals surface area contributed by atoms with Crippen molar-refractivity contribution in [3.05, 3.63) is 0 Å². The van der Waals surface area contributed by atoms with E-state index in [4.69, 9.17) is 4.74 Å². The SMILES string of the molecule is CCOCC(=O)N(CC1CCCN1)C(C)C. The minimum absolute atomic E-state index is 0.102. The van der Waals surface area contributed by atoms with Gasteiger partial charge in [0.1, 0.15) is 6.61 Å². The zero-order valence-electron chi connectivity index (χ0n) is 10.7. The van der Waals surface area contributed by atoms with Crippen molar-refractivity contribution in [1.82, 2.24) is 10.2 Å². The molecule has 1 atom stereocenters. The van der Waals surface area contributed by atoms with Crippen molar-refractivity contribution in [3.8, 4) is 0 Å². The van der Waals surface area contributed by atoms with Crippen molar-refractivity contribution in [2.75, 3.05) is 26.3 Å². The van der Waals surface area contributed by atoms with Gasteiger partial charge in [-0.25, -0.2) is 0 Å². The van der Waals surface area contributed by atoms with Crippen molar-refractivity contribution in [2.24, 2.45) is 0 Å². The number of ether oxygens (including phenoxy) is 1. The molecule has 0 aromatic heterocycles. The van der Waals surface area contributed by atoms with Gasteiger partial charge >= 0.3 is 0 Å². The van der Waals surface area contributed by atoms with Gasteiger partial charge in [-0.2, -0.15) is 0 Å². The van der Waals surface area contributed by atoms with E-state index in [9.17, 15) is 4.79 Å². The molecule has 0 radical (unpaired) electrons. The highest BCUT2D eigenvalue weighted by molar-refractivity contribution is 5.77. The van der Waals surface area contributed by atoms with Crippen LogP contribution in [0.2, 0.25) is 0 Å². The summed E-state index contributed by atoms with van der Waals surface area (Å²) in [5.41, 5.74) is 0. The summed E-state index contributed by atoms with van der Waals surface area (Å²) in [6.07, 6.45) is 2.39. The molecule has 1 N–H and O–H groups in total. The van der Waals surface area contributed by atoms with Gasteiger partial charge in [0.25, 0.3) is 0 Å². The second kappa shape index (κ2) is 6.86. The number of nitrogens with one attached hydrogen (secondary N) is 1. The van der Waals surface area contributed by atoms with Gasteiger partial charge in [0.2, 0.25) is 5.91 Å². The maximum Gasteiger partial charge on any atom is 0.248 e. The van der Waals surface area contributed by atoms with Crippen LogP contribution < -0.4 is 5.32 Å². The largest absolute Gasteiger partial charge is 0.372 e. The normalized spacial score (nSPS) is 20.4. The average molecular weight is 228 g/mol. The van der Waals surface area contributed by atoms with Gasteiger partial charge in [0.05, 0.1) is 0 Å². The molecule has 0 aromatic rings. The molecule has 0 aliphatic carbocycles. The number of carbonyl (C=O) groups excluding carboxylic acids is 1. The van der Waals surface area contributed by atoms with Crippen LogP contribution in [-0.2, 0) is 9.53 Å². The molecule has 1 unspecified atom stereocenters. The summed E-state index contributed by atoms with van der Waals surface area (Å²) in [6.45, 7) is 8.71. The molecule has 94 valence electrons. The minimum Gasteiger partial charge on any atom is -0.372 e. The molecule has 16 heavy (non-hydrogen) atoms. The van der Waals surface area contributed by atoms with E-state index < -0.39 is 0 Å². The van der Waals surface area contributed by atoms with Crippen molar-refractivity contribution in [2.45, 2.75) is 45.7 Å². The topological polar surface area (TPSA) is 41.6 Å². The monoisotopic (exact) mass is 228 g/mol. The molecule has 4 heteroatoms. The van der Waals surface area contributed by atoms with Gasteiger partial charge in [0.15, 0.2) is 0 Å². The first kappa shape index (κ1) is 13.5. The Bertz CT molecular complexity index is 213. The molecular formula is C12H24N2O2.